The number of hydrogen-bond donors (Lipinski definition) is 1. The topological polar surface area (TPSA) is 26.0 Å². The molecule has 0 bridgehead atoms. The molecule has 1 aliphatic rings. The summed E-state index contributed by atoms with van der Waals surface area (Å²) in [6, 6.07) is 6.94. The Hall–Kier alpha value is -0.470. The summed E-state index contributed by atoms with van der Waals surface area (Å²) in [7, 11) is 0. The van der Waals surface area contributed by atoms with Crippen LogP contribution < -0.4 is 5.73 Å². The highest BCUT2D eigenvalue weighted by atomic mass is 32.2. The van der Waals surface area contributed by atoms with Gasteiger partial charge in [0.15, 0.2) is 0 Å². The molecule has 0 amide bonds. The molecule has 1 aromatic rings. The molecule has 2 rings (SSSR count). The lowest BCUT2D eigenvalue weighted by Crippen LogP contribution is -2.16. The molecule has 0 radical (unpaired) electrons. The molecule has 0 saturated carbocycles. The highest BCUT2D eigenvalue weighted by molar-refractivity contribution is 8.00. The van der Waals surface area contributed by atoms with Gasteiger partial charge in [-0.1, -0.05) is 32.9 Å². The molecule has 2 heteroatoms. The first kappa shape index (κ1) is 10.1. The van der Waals surface area contributed by atoms with Gasteiger partial charge < -0.3 is 5.73 Å². The molecule has 0 aliphatic carbocycles. The Kier molecular flexibility index (Phi) is 2.58. The van der Waals surface area contributed by atoms with Crippen molar-refractivity contribution in [2.75, 3.05) is 0 Å². The Labute approximate surface area is 90.1 Å². The Morgan fingerprint density at radius 3 is 2.71 bits per heavy atom. The van der Waals surface area contributed by atoms with Crippen molar-refractivity contribution in [3.63, 3.8) is 0 Å². The Morgan fingerprint density at radius 2 is 2.07 bits per heavy atom. The van der Waals surface area contributed by atoms with Crippen molar-refractivity contribution in [3.8, 4) is 0 Å². The van der Waals surface area contributed by atoms with Crippen molar-refractivity contribution in [2.45, 2.75) is 42.9 Å². The summed E-state index contributed by atoms with van der Waals surface area (Å²) in [5.74, 6) is 0.591. The van der Waals surface area contributed by atoms with Crippen LogP contribution in [-0.4, -0.2) is 5.25 Å². The maximum atomic E-state index is 6.14. The van der Waals surface area contributed by atoms with Gasteiger partial charge in [0, 0.05) is 16.2 Å². The molecular weight excluding hydrogens is 190 g/mol. The van der Waals surface area contributed by atoms with Gasteiger partial charge in [-0.25, -0.2) is 0 Å². The van der Waals surface area contributed by atoms with Crippen molar-refractivity contribution < 1.29 is 0 Å². The Morgan fingerprint density at radius 1 is 1.36 bits per heavy atom. The molecular formula is C12H17NS. The van der Waals surface area contributed by atoms with Crippen molar-refractivity contribution in [1.82, 2.24) is 0 Å². The molecule has 1 aliphatic heterocycles. The summed E-state index contributed by atoms with van der Waals surface area (Å²) in [6.45, 7) is 6.64. The van der Waals surface area contributed by atoms with Crippen LogP contribution in [0.15, 0.2) is 23.1 Å². The number of thioether (sulfide) groups is 1. The van der Waals surface area contributed by atoms with Gasteiger partial charge >= 0.3 is 0 Å². The molecule has 1 aromatic carbocycles. The second-order valence-electron chi connectivity index (χ2n) is 4.30. The van der Waals surface area contributed by atoms with Crippen molar-refractivity contribution in [2.24, 2.45) is 5.73 Å². The molecule has 1 nitrogen and oxygen atoms in total. The highest BCUT2D eigenvalue weighted by Gasteiger charge is 2.27. The SMILES string of the molecule is CC(C)c1ccc2c(c1)C(N)C(C)S2. The van der Waals surface area contributed by atoms with Crippen molar-refractivity contribution in [1.29, 1.82) is 0 Å². The predicted molar refractivity (Wildman–Crippen MR) is 62.8 cm³/mol. The van der Waals surface area contributed by atoms with Gasteiger partial charge in [-0.2, -0.15) is 0 Å². The Bertz CT molecular complexity index is 346. The summed E-state index contributed by atoms with van der Waals surface area (Å²) in [5.41, 5.74) is 8.88. The average Bonchev–Trinajstić information content (AvgIpc) is 2.43. The molecule has 76 valence electrons. The van der Waals surface area contributed by atoms with Gasteiger partial charge in [0.1, 0.15) is 0 Å². The van der Waals surface area contributed by atoms with Crippen molar-refractivity contribution in [3.05, 3.63) is 29.3 Å². The average molecular weight is 207 g/mol. The molecule has 2 atom stereocenters. The predicted octanol–water partition coefficient (Wildman–Crippen LogP) is 3.30. The fourth-order valence-electron chi connectivity index (χ4n) is 1.82. The monoisotopic (exact) mass is 207 g/mol. The van der Waals surface area contributed by atoms with Crippen LogP contribution >= 0.6 is 11.8 Å². The maximum Gasteiger partial charge on any atom is 0.0427 e. The summed E-state index contributed by atoms with van der Waals surface area (Å²) >= 11 is 1.89. The van der Waals surface area contributed by atoms with Gasteiger partial charge in [-0.3, -0.25) is 0 Å². The second kappa shape index (κ2) is 3.59. The zero-order chi connectivity index (χ0) is 10.3. The molecule has 2 N–H and O–H groups in total. The molecule has 14 heavy (non-hydrogen) atoms. The van der Waals surface area contributed by atoms with E-state index < -0.39 is 0 Å². The minimum atomic E-state index is 0.216. The lowest BCUT2D eigenvalue weighted by Gasteiger charge is -2.11. The third-order valence-electron chi connectivity index (χ3n) is 2.88. The normalized spacial score (nSPS) is 25.5. The van der Waals surface area contributed by atoms with E-state index in [1.54, 1.807) is 0 Å². The lowest BCUT2D eigenvalue weighted by atomic mass is 9.97. The van der Waals surface area contributed by atoms with Crippen LogP contribution in [0.2, 0.25) is 0 Å². The van der Waals surface area contributed by atoms with Crippen molar-refractivity contribution >= 4 is 11.8 Å². The first-order chi connectivity index (χ1) is 6.59. The molecule has 0 spiro atoms. The van der Waals surface area contributed by atoms with E-state index in [1.165, 1.54) is 16.0 Å². The fraction of sp³-hybridized carbons (Fsp3) is 0.500. The molecule has 0 fully saturated rings. The smallest absolute Gasteiger partial charge is 0.0427 e. The van der Waals surface area contributed by atoms with Gasteiger partial charge in [-0.05, 0) is 23.1 Å². The summed E-state index contributed by atoms with van der Waals surface area (Å²) in [4.78, 5) is 1.37. The van der Waals surface area contributed by atoms with E-state index in [-0.39, 0.29) is 6.04 Å². The number of rotatable bonds is 1. The van der Waals surface area contributed by atoms with E-state index in [1.807, 2.05) is 11.8 Å². The van der Waals surface area contributed by atoms with E-state index in [0.717, 1.165) is 0 Å². The summed E-state index contributed by atoms with van der Waals surface area (Å²) < 4.78 is 0. The Balaban J connectivity index is 2.41. The lowest BCUT2D eigenvalue weighted by molar-refractivity contribution is 0.720. The number of nitrogens with two attached hydrogens (primary N) is 1. The van der Waals surface area contributed by atoms with Crippen LogP contribution in [0.5, 0.6) is 0 Å². The van der Waals surface area contributed by atoms with E-state index in [4.69, 9.17) is 5.73 Å². The van der Waals surface area contributed by atoms with Crippen LogP contribution in [0.1, 0.15) is 43.9 Å². The van der Waals surface area contributed by atoms with Crippen LogP contribution in [-0.2, 0) is 0 Å². The van der Waals surface area contributed by atoms with Crippen LogP contribution in [0.25, 0.3) is 0 Å². The third kappa shape index (κ3) is 1.57. The zero-order valence-electron chi connectivity index (χ0n) is 8.95. The van der Waals surface area contributed by atoms with Gasteiger partial charge in [0.05, 0.1) is 0 Å². The van der Waals surface area contributed by atoms with E-state index in [9.17, 15) is 0 Å². The quantitative estimate of drug-likeness (QED) is 0.764. The molecule has 1 heterocycles. The summed E-state index contributed by atoms with van der Waals surface area (Å²) in [6.07, 6.45) is 0. The van der Waals surface area contributed by atoms with E-state index in [2.05, 4.69) is 39.0 Å². The number of benzene rings is 1. The van der Waals surface area contributed by atoms with Crippen LogP contribution in [0.3, 0.4) is 0 Å². The highest BCUT2D eigenvalue weighted by Crippen LogP contribution is 2.43. The molecule has 0 aromatic heterocycles. The second-order valence-corrected chi connectivity index (χ2v) is 5.72. The number of hydrogen-bond acceptors (Lipinski definition) is 2. The first-order valence-corrected chi connectivity index (χ1v) is 6.03. The first-order valence-electron chi connectivity index (χ1n) is 5.15. The number of fused-ring (bicyclic) bond motifs is 1. The molecule has 2 unspecified atom stereocenters. The van der Waals surface area contributed by atoms with Gasteiger partial charge in [0.2, 0.25) is 0 Å². The minimum Gasteiger partial charge on any atom is -0.323 e. The zero-order valence-corrected chi connectivity index (χ0v) is 9.77. The fourth-order valence-corrected chi connectivity index (χ4v) is 2.99. The summed E-state index contributed by atoms with van der Waals surface area (Å²) in [5, 5.41) is 0.521. The third-order valence-corrected chi connectivity index (χ3v) is 4.17. The standard InChI is InChI=1S/C12H17NS/c1-7(2)9-4-5-11-10(6-9)12(13)8(3)14-11/h4-8,12H,13H2,1-3H3. The minimum absolute atomic E-state index is 0.216. The van der Waals surface area contributed by atoms with Gasteiger partial charge in [0.25, 0.3) is 0 Å². The largest absolute Gasteiger partial charge is 0.323 e. The van der Waals surface area contributed by atoms with Gasteiger partial charge in [-0.15, -0.1) is 11.8 Å². The van der Waals surface area contributed by atoms with E-state index >= 15 is 0 Å². The molecule has 0 saturated heterocycles. The van der Waals surface area contributed by atoms with E-state index in [0.29, 0.717) is 11.2 Å². The van der Waals surface area contributed by atoms with Crippen LogP contribution in [0.4, 0.5) is 0 Å². The maximum absolute atomic E-state index is 6.14. The van der Waals surface area contributed by atoms with Crippen LogP contribution in [0, 0.1) is 0 Å².